The maximum Gasteiger partial charge on any atom is 0.320 e. The molecule has 0 radical (unpaired) electrons. The molecular formula is C34H42N2O8. The first kappa shape index (κ1) is 31.5. The van der Waals surface area contributed by atoms with Crippen molar-refractivity contribution in [1.82, 2.24) is 10.2 Å². The van der Waals surface area contributed by atoms with Crippen LogP contribution in [0.25, 0.3) is 0 Å². The van der Waals surface area contributed by atoms with Crippen LogP contribution in [0.3, 0.4) is 0 Å². The van der Waals surface area contributed by atoms with E-state index in [9.17, 15) is 14.4 Å². The summed E-state index contributed by atoms with van der Waals surface area (Å²) >= 11 is 0. The maximum atomic E-state index is 14.2. The lowest BCUT2D eigenvalue weighted by atomic mass is 9.66. The minimum atomic E-state index is -1.29. The summed E-state index contributed by atoms with van der Waals surface area (Å²) in [5.74, 6) is -0.0584. The molecule has 1 saturated heterocycles. The first-order valence-corrected chi connectivity index (χ1v) is 15.3. The molecule has 2 aromatic rings. The summed E-state index contributed by atoms with van der Waals surface area (Å²) in [5, 5.41) is 2.94. The number of ether oxygens (including phenoxy) is 5. The van der Waals surface area contributed by atoms with Gasteiger partial charge in [0.15, 0.2) is 11.5 Å². The van der Waals surface area contributed by atoms with Gasteiger partial charge < -0.3 is 33.9 Å². The molecule has 10 nitrogen and oxygen atoms in total. The molecule has 3 heterocycles. The van der Waals surface area contributed by atoms with Gasteiger partial charge in [-0.3, -0.25) is 14.4 Å². The molecule has 44 heavy (non-hydrogen) atoms. The number of nitrogens with zero attached hydrogens (tertiary/aromatic N) is 1. The monoisotopic (exact) mass is 606 g/mol. The Morgan fingerprint density at radius 1 is 1.09 bits per heavy atom. The number of piperidine rings is 1. The van der Waals surface area contributed by atoms with Gasteiger partial charge in [-0.1, -0.05) is 50.2 Å². The van der Waals surface area contributed by atoms with Crippen molar-refractivity contribution >= 4 is 17.8 Å². The molecule has 0 saturated carbocycles. The van der Waals surface area contributed by atoms with Crippen molar-refractivity contribution in [2.75, 3.05) is 27.1 Å². The van der Waals surface area contributed by atoms with Crippen molar-refractivity contribution in [2.45, 2.75) is 65.4 Å². The van der Waals surface area contributed by atoms with Gasteiger partial charge >= 0.3 is 5.97 Å². The summed E-state index contributed by atoms with van der Waals surface area (Å²) in [6.07, 6.45) is 1.53. The predicted molar refractivity (Wildman–Crippen MR) is 161 cm³/mol. The standard InChI is InChI=1S/C34H42N2O8/c1-22(2)12-13-35-31(37)15-26-17-34(33(39)40-4)23(3)44-27(20-41-19-24-8-6-5-7-9-24)16-30(34)36(32(26)38)18-25-10-11-28-29(14-25)43-21-42-28/h5-11,14,16,22-23,26-27H,12-13,15,17-21H2,1-4H3,(H,35,37)/t23-,26+,27-,34+/m1/s1. The molecule has 0 bridgehead atoms. The minimum Gasteiger partial charge on any atom is -0.468 e. The molecule has 4 atom stereocenters. The number of nitrogens with one attached hydrogen (secondary N) is 1. The molecule has 236 valence electrons. The summed E-state index contributed by atoms with van der Waals surface area (Å²) < 4.78 is 28.8. The second kappa shape index (κ2) is 13.8. The third-order valence-electron chi connectivity index (χ3n) is 8.54. The van der Waals surface area contributed by atoms with Gasteiger partial charge in [-0.05, 0) is 55.0 Å². The normalized spacial score (nSPS) is 24.1. The summed E-state index contributed by atoms with van der Waals surface area (Å²) in [4.78, 5) is 42.6. The summed E-state index contributed by atoms with van der Waals surface area (Å²) in [7, 11) is 1.34. The van der Waals surface area contributed by atoms with Gasteiger partial charge in [0.25, 0.3) is 0 Å². The number of hydrogen-bond acceptors (Lipinski definition) is 8. The van der Waals surface area contributed by atoms with Gasteiger partial charge in [-0.25, -0.2) is 0 Å². The van der Waals surface area contributed by atoms with E-state index in [-0.39, 0.29) is 44.6 Å². The molecule has 2 amide bonds. The molecule has 0 unspecified atom stereocenters. The van der Waals surface area contributed by atoms with Gasteiger partial charge in [-0.2, -0.15) is 0 Å². The lowest BCUT2D eigenvalue weighted by Gasteiger charge is -2.51. The number of rotatable bonds is 12. The molecular weight excluding hydrogens is 564 g/mol. The topological polar surface area (TPSA) is 113 Å². The van der Waals surface area contributed by atoms with E-state index in [1.54, 1.807) is 11.0 Å². The van der Waals surface area contributed by atoms with E-state index < -0.39 is 29.5 Å². The van der Waals surface area contributed by atoms with E-state index in [0.717, 1.165) is 17.5 Å². The second-order valence-electron chi connectivity index (χ2n) is 12.1. The molecule has 5 rings (SSSR count). The van der Waals surface area contributed by atoms with Crippen LogP contribution < -0.4 is 14.8 Å². The van der Waals surface area contributed by atoms with Crippen molar-refractivity contribution in [1.29, 1.82) is 0 Å². The highest BCUT2D eigenvalue weighted by molar-refractivity contribution is 5.92. The van der Waals surface area contributed by atoms with Gasteiger partial charge in [0.2, 0.25) is 18.6 Å². The number of hydrogen-bond donors (Lipinski definition) is 1. The summed E-state index contributed by atoms with van der Waals surface area (Å²) in [6.45, 7) is 7.44. The lowest BCUT2D eigenvalue weighted by Crippen LogP contribution is -2.60. The molecule has 2 aromatic carbocycles. The minimum absolute atomic E-state index is 0.0447. The Morgan fingerprint density at radius 2 is 1.86 bits per heavy atom. The zero-order chi connectivity index (χ0) is 31.3. The Hall–Kier alpha value is -3.89. The van der Waals surface area contributed by atoms with Crippen molar-refractivity contribution in [3.8, 4) is 11.5 Å². The number of amides is 2. The van der Waals surface area contributed by atoms with Gasteiger partial charge in [0.1, 0.15) is 11.5 Å². The molecule has 0 aliphatic carbocycles. The van der Waals surface area contributed by atoms with Crippen molar-refractivity contribution in [3.63, 3.8) is 0 Å². The molecule has 3 aliphatic rings. The van der Waals surface area contributed by atoms with Crippen LogP contribution in [-0.4, -0.2) is 61.9 Å². The highest BCUT2D eigenvalue weighted by atomic mass is 16.7. The first-order valence-electron chi connectivity index (χ1n) is 15.3. The lowest BCUT2D eigenvalue weighted by molar-refractivity contribution is -0.178. The number of carbonyl (C=O) groups is 3. The van der Waals surface area contributed by atoms with Crippen molar-refractivity contribution in [3.05, 3.63) is 71.4 Å². The highest BCUT2D eigenvalue weighted by Crippen LogP contribution is 2.51. The van der Waals surface area contributed by atoms with Crippen LogP contribution in [-0.2, 0) is 41.7 Å². The number of carbonyl (C=O) groups excluding carboxylic acids is 3. The highest BCUT2D eigenvalue weighted by Gasteiger charge is 2.59. The van der Waals surface area contributed by atoms with E-state index in [2.05, 4.69) is 19.2 Å². The largest absolute Gasteiger partial charge is 0.468 e. The van der Waals surface area contributed by atoms with Crippen LogP contribution >= 0.6 is 0 Å². The third kappa shape index (κ3) is 6.76. The third-order valence-corrected chi connectivity index (χ3v) is 8.54. The van der Waals surface area contributed by atoms with Gasteiger partial charge in [0, 0.05) is 24.6 Å². The molecule has 1 fully saturated rings. The quantitative estimate of drug-likeness (QED) is 0.355. The van der Waals surface area contributed by atoms with Gasteiger partial charge in [-0.15, -0.1) is 0 Å². The maximum absolute atomic E-state index is 14.2. The van der Waals surface area contributed by atoms with Crippen LogP contribution in [0, 0.1) is 17.3 Å². The van der Waals surface area contributed by atoms with E-state index in [0.29, 0.717) is 36.3 Å². The molecule has 3 aliphatic heterocycles. The molecule has 10 heteroatoms. The van der Waals surface area contributed by atoms with Crippen LogP contribution in [0.4, 0.5) is 0 Å². The van der Waals surface area contributed by atoms with E-state index >= 15 is 0 Å². The second-order valence-corrected chi connectivity index (χ2v) is 12.1. The average molecular weight is 607 g/mol. The fourth-order valence-corrected chi connectivity index (χ4v) is 6.20. The fourth-order valence-electron chi connectivity index (χ4n) is 6.20. The zero-order valence-electron chi connectivity index (χ0n) is 25.9. The van der Waals surface area contributed by atoms with Crippen molar-refractivity contribution in [2.24, 2.45) is 17.3 Å². The zero-order valence-corrected chi connectivity index (χ0v) is 25.9. The average Bonchev–Trinajstić information content (AvgIpc) is 3.48. The SMILES string of the molecule is COC(=O)[C@]12C[C@H](CC(=O)NCCC(C)C)C(=O)N(Cc3ccc4c(c3)OCO4)C1=C[C@H](COCc1ccccc1)O[C@@H]2C. The Labute approximate surface area is 258 Å². The van der Waals surface area contributed by atoms with Crippen LogP contribution in [0.2, 0.25) is 0 Å². The summed E-state index contributed by atoms with van der Waals surface area (Å²) in [5.41, 5.74) is 1.04. The number of likely N-dealkylation sites (tertiary alicyclic amines) is 1. The van der Waals surface area contributed by atoms with Crippen LogP contribution in [0.5, 0.6) is 11.5 Å². The Morgan fingerprint density at radius 3 is 2.61 bits per heavy atom. The smallest absolute Gasteiger partial charge is 0.320 e. The van der Waals surface area contributed by atoms with Crippen LogP contribution in [0.1, 0.15) is 51.2 Å². The number of fused-ring (bicyclic) bond motifs is 2. The van der Waals surface area contributed by atoms with Gasteiger partial charge in [0.05, 0.1) is 33.0 Å². The number of methoxy groups -OCH3 is 1. The Kier molecular flexibility index (Phi) is 9.90. The predicted octanol–water partition coefficient (Wildman–Crippen LogP) is 4.36. The Balaban J connectivity index is 1.46. The van der Waals surface area contributed by atoms with E-state index in [1.165, 1.54) is 7.11 Å². The molecule has 0 aromatic heterocycles. The molecule has 0 spiro atoms. The van der Waals surface area contributed by atoms with Crippen molar-refractivity contribution < 1.29 is 38.1 Å². The Bertz CT molecular complexity index is 1380. The molecule has 1 N–H and O–H groups in total. The number of benzene rings is 2. The van der Waals surface area contributed by atoms with Crippen LogP contribution in [0.15, 0.2) is 60.3 Å². The summed E-state index contributed by atoms with van der Waals surface area (Å²) in [6, 6.07) is 15.3. The fraction of sp³-hybridized carbons (Fsp3) is 0.500. The van der Waals surface area contributed by atoms with E-state index in [1.807, 2.05) is 55.5 Å². The van der Waals surface area contributed by atoms with E-state index in [4.69, 9.17) is 23.7 Å². The number of esters is 1. The first-order chi connectivity index (χ1) is 21.2.